The van der Waals surface area contributed by atoms with Crippen LogP contribution in [0.1, 0.15) is 18.4 Å². The molecule has 2 aromatic carbocycles. The van der Waals surface area contributed by atoms with Crippen LogP contribution in [0.2, 0.25) is 5.02 Å². The van der Waals surface area contributed by atoms with E-state index in [1.165, 1.54) is 30.1 Å². The average Bonchev–Trinajstić information content (AvgIpc) is 3.27. The molecule has 1 aliphatic carbocycles. The summed E-state index contributed by atoms with van der Waals surface area (Å²) in [6.07, 6.45) is 5.17. The van der Waals surface area contributed by atoms with Crippen molar-refractivity contribution >= 4 is 55.4 Å². The van der Waals surface area contributed by atoms with Crippen molar-refractivity contribution in [1.82, 2.24) is 4.98 Å². The van der Waals surface area contributed by atoms with Gasteiger partial charge in [0.05, 0.1) is 5.02 Å². The number of anilines is 1. The van der Waals surface area contributed by atoms with Crippen molar-refractivity contribution in [3.63, 3.8) is 0 Å². The minimum Gasteiger partial charge on any atom is -0.327 e. The van der Waals surface area contributed by atoms with Gasteiger partial charge in [-0.25, -0.2) is 22.2 Å². The topological polar surface area (TPSA) is 85.1 Å². The summed E-state index contributed by atoms with van der Waals surface area (Å²) in [6.45, 7) is 0. The highest BCUT2D eigenvalue weighted by molar-refractivity contribution is 7.99. The zero-order valence-electron chi connectivity index (χ0n) is 17.2. The molecule has 0 unspecified atom stereocenters. The van der Waals surface area contributed by atoms with E-state index in [0.717, 1.165) is 47.4 Å². The van der Waals surface area contributed by atoms with Gasteiger partial charge in [-0.05, 0) is 48.2 Å². The first-order valence-corrected chi connectivity index (χ1v) is 13.7. The Bertz CT molecular complexity index is 1270. The average molecular weight is 528 g/mol. The highest BCUT2D eigenvalue weighted by atomic mass is 35.5. The molecular formula is C22H20ClF2N3O2S3. The van der Waals surface area contributed by atoms with E-state index in [1.807, 2.05) is 0 Å². The monoisotopic (exact) mass is 527 g/mol. The number of aromatic nitrogens is 1. The van der Waals surface area contributed by atoms with Gasteiger partial charge in [-0.1, -0.05) is 29.8 Å². The first kappa shape index (κ1) is 24.2. The number of thiazole rings is 1. The summed E-state index contributed by atoms with van der Waals surface area (Å²) in [4.78, 5) is 3.72. The summed E-state index contributed by atoms with van der Waals surface area (Å²) >= 11 is 8.72. The van der Waals surface area contributed by atoms with Gasteiger partial charge >= 0.3 is 0 Å². The lowest BCUT2D eigenvalue weighted by Crippen LogP contribution is -2.34. The number of benzene rings is 2. The molecule has 3 aromatic rings. The van der Waals surface area contributed by atoms with Crippen LogP contribution in [0.15, 0.2) is 63.8 Å². The Hall–Kier alpha value is -1.98. The minimum absolute atomic E-state index is 0.0525. The molecule has 1 aliphatic rings. The Morgan fingerprint density at radius 3 is 2.70 bits per heavy atom. The summed E-state index contributed by atoms with van der Waals surface area (Å²) in [7, 11) is -4.18. The van der Waals surface area contributed by atoms with Crippen molar-refractivity contribution in [3.05, 3.63) is 76.3 Å². The smallest absolute Gasteiger partial charge is 0.266 e. The number of rotatable bonds is 7. The lowest BCUT2D eigenvalue weighted by molar-refractivity contribution is 0.506. The number of halogens is 3. The Morgan fingerprint density at radius 1 is 1.24 bits per heavy atom. The molecule has 33 heavy (non-hydrogen) atoms. The molecule has 0 bridgehead atoms. The Kier molecular flexibility index (Phi) is 7.40. The summed E-state index contributed by atoms with van der Waals surface area (Å²) in [6, 6.07) is 8.37. The second kappa shape index (κ2) is 10.1. The molecule has 0 radical (unpaired) electrons. The number of nitrogens with two attached hydrogens (primary N) is 1. The predicted molar refractivity (Wildman–Crippen MR) is 130 cm³/mol. The third-order valence-electron chi connectivity index (χ3n) is 5.31. The molecule has 0 aliphatic heterocycles. The molecule has 5 nitrogen and oxygen atoms in total. The molecule has 174 valence electrons. The van der Waals surface area contributed by atoms with Gasteiger partial charge in [0.25, 0.3) is 10.0 Å². The number of hydrogen-bond acceptors (Lipinski definition) is 6. The number of thioether (sulfide) groups is 1. The summed E-state index contributed by atoms with van der Waals surface area (Å²) in [5.41, 5.74) is 8.30. The van der Waals surface area contributed by atoms with Crippen molar-refractivity contribution in [2.24, 2.45) is 11.7 Å². The van der Waals surface area contributed by atoms with E-state index in [2.05, 4.69) is 15.8 Å². The second-order valence-electron chi connectivity index (χ2n) is 7.48. The lowest BCUT2D eigenvalue weighted by atomic mass is 9.81. The maximum Gasteiger partial charge on any atom is 0.266 e. The lowest BCUT2D eigenvalue weighted by Gasteiger charge is -2.30. The SMILES string of the molecule is N[C@@H]1CCC=C(c2ccc(F)cc2)[C@H]1CSc1cc(F)c(S(=O)(=O)Nc2nccs2)cc1Cl. The molecule has 0 fully saturated rings. The van der Waals surface area contributed by atoms with Gasteiger partial charge in [-0.3, -0.25) is 4.72 Å². The van der Waals surface area contributed by atoms with Crippen LogP contribution in [0.25, 0.3) is 5.57 Å². The van der Waals surface area contributed by atoms with Gasteiger partial charge in [0.1, 0.15) is 16.5 Å². The molecule has 0 saturated heterocycles. The molecule has 0 spiro atoms. The van der Waals surface area contributed by atoms with E-state index in [-0.39, 0.29) is 27.9 Å². The van der Waals surface area contributed by atoms with E-state index in [1.54, 1.807) is 17.5 Å². The minimum atomic E-state index is -4.18. The Balaban J connectivity index is 1.54. The van der Waals surface area contributed by atoms with Crippen LogP contribution in [0.3, 0.4) is 0 Å². The second-order valence-corrected chi connectivity index (χ2v) is 11.5. The Morgan fingerprint density at radius 2 is 2.00 bits per heavy atom. The fourth-order valence-electron chi connectivity index (χ4n) is 3.65. The van der Waals surface area contributed by atoms with Gasteiger partial charge in [0.2, 0.25) is 0 Å². The van der Waals surface area contributed by atoms with E-state index in [4.69, 9.17) is 17.3 Å². The largest absolute Gasteiger partial charge is 0.327 e. The van der Waals surface area contributed by atoms with Gasteiger partial charge < -0.3 is 5.73 Å². The summed E-state index contributed by atoms with van der Waals surface area (Å²) in [5.74, 6) is -0.768. The maximum atomic E-state index is 14.8. The number of hydrogen-bond donors (Lipinski definition) is 2. The predicted octanol–water partition coefficient (Wildman–Crippen LogP) is 5.79. The van der Waals surface area contributed by atoms with Crippen LogP contribution >= 0.6 is 34.7 Å². The van der Waals surface area contributed by atoms with E-state index >= 15 is 0 Å². The molecular weight excluding hydrogens is 508 g/mol. The van der Waals surface area contributed by atoms with Crippen molar-refractivity contribution in [1.29, 1.82) is 0 Å². The number of allylic oxidation sites excluding steroid dienone is 1. The normalized spacial score (nSPS) is 18.7. The molecule has 1 heterocycles. The number of nitrogens with zero attached hydrogens (tertiary/aromatic N) is 1. The highest BCUT2D eigenvalue weighted by Crippen LogP contribution is 2.39. The molecule has 0 amide bonds. The van der Waals surface area contributed by atoms with E-state index < -0.39 is 20.7 Å². The number of nitrogens with one attached hydrogen (secondary N) is 1. The first-order valence-electron chi connectivity index (χ1n) is 10.0. The van der Waals surface area contributed by atoms with Crippen molar-refractivity contribution in [3.8, 4) is 0 Å². The van der Waals surface area contributed by atoms with Gasteiger partial charge in [0, 0.05) is 34.2 Å². The molecule has 2 atom stereocenters. The Labute approximate surface area is 204 Å². The zero-order valence-corrected chi connectivity index (χ0v) is 20.4. The third kappa shape index (κ3) is 5.58. The van der Waals surface area contributed by atoms with Crippen LogP contribution in [-0.2, 0) is 10.0 Å². The molecule has 4 rings (SSSR count). The fraction of sp³-hybridized carbons (Fsp3) is 0.227. The first-order chi connectivity index (χ1) is 15.7. The fourth-order valence-corrected chi connectivity index (χ4v) is 7.09. The van der Waals surface area contributed by atoms with Crippen molar-refractivity contribution in [2.75, 3.05) is 10.5 Å². The molecule has 0 saturated carbocycles. The summed E-state index contributed by atoms with van der Waals surface area (Å²) in [5, 5.41) is 1.86. The van der Waals surface area contributed by atoms with E-state index in [9.17, 15) is 17.2 Å². The van der Waals surface area contributed by atoms with Crippen LogP contribution in [0.5, 0.6) is 0 Å². The van der Waals surface area contributed by atoms with E-state index in [0.29, 0.717) is 10.6 Å². The van der Waals surface area contributed by atoms with Crippen molar-refractivity contribution in [2.45, 2.75) is 28.7 Å². The standard InChI is InChI=1S/C22H20ClF2N3O2S3/c23-17-10-21(33(29,30)28-22-27-8-9-31-22)18(25)11-20(17)32-12-16-15(2-1-3-19(16)26)13-4-6-14(24)7-5-13/h2,4-11,16,19H,1,3,12,26H2,(H,27,28)/t16-,19-/m1/s1. The molecule has 1 aromatic heterocycles. The van der Waals surface area contributed by atoms with Crippen LogP contribution < -0.4 is 10.5 Å². The summed E-state index contributed by atoms with van der Waals surface area (Å²) < 4.78 is 55.5. The van der Waals surface area contributed by atoms with Gasteiger partial charge in [-0.2, -0.15) is 0 Å². The van der Waals surface area contributed by atoms with Crippen LogP contribution in [0.4, 0.5) is 13.9 Å². The van der Waals surface area contributed by atoms with Crippen molar-refractivity contribution < 1.29 is 17.2 Å². The maximum absolute atomic E-state index is 14.8. The highest BCUT2D eigenvalue weighted by Gasteiger charge is 2.28. The quantitative estimate of drug-likeness (QED) is 0.380. The van der Waals surface area contributed by atoms with Gasteiger partial charge in [0.15, 0.2) is 5.13 Å². The molecule has 3 N–H and O–H groups in total. The third-order valence-corrected chi connectivity index (χ3v) is 9.08. The van der Waals surface area contributed by atoms with Crippen LogP contribution in [-0.4, -0.2) is 25.2 Å². The number of sulfonamides is 1. The molecule has 11 heteroatoms. The zero-order chi connectivity index (χ0) is 23.6. The van der Waals surface area contributed by atoms with Crippen LogP contribution in [0, 0.1) is 17.6 Å². The van der Waals surface area contributed by atoms with Gasteiger partial charge in [-0.15, -0.1) is 23.1 Å².